The summed E-state index contributed by atoms with van der Waals surface area (Å²) < 4.78 is 1.65. The zero-order valence-electron chi connectivity index (χ0n) is 17.9. The third-order valence-electron chi connectivity index (χ3n) is 6.13. The summed E-state index contributed by atoms with van der Waals surface area (Å²) in [5.41, 5.74) is 3.51. The molecule has 2 aliphatic carbocycles. The number of rotatable bonds is 7. The number of amides is 1. The fourth-order valence-electron chi connectivity index (χ4n) is 4.41. The summed E-state index contributed by atoms with van der Waals surface area (Å²) in [6.45, 7) is 4.04. The lowest BCUT2D eigenvalue weighted by molar-refractivity contribution is -0.119. The van der Waals surface area contributed by atoms with Crippen LogP contribution in [0.25, 0.3) is 16.6 Å². The number of carbonyl (C=O) groups excluding carboxylic acids is 1. The van der Waals surface area contributed by atoms with E-state index < -0.39 is 0 Å². The smallest absolute Gasteiger partial charge is 0.266 e. The van der Waals surface area contributed by atoms with Crippen molar-refractivity contribution in [2.45, 2.75) is 50.7 Å². The monoisotopic (exact) mass is 433 g/mol. The predicted molar refractivity (Wildman–Crippen MR) is 125 cm³/mol. The van der Waals surface area contributed by atoms with Crippen molar-refractivity contribution >= 4 is 28.6 Å². The minimum atomic E-state index is -0.104. The maximum Gasteiger partial charge on any atom is 0.266 e. The van der Waals surface area contributed by atoms with Crippen LogP contribution in [0.5, 0.6) is 0 Å². The number of hydrogen-bond donors (Lipinski definition) is 1. The van der Waals surface area contributed by atoms with E-state index >= 15 is 0 Å². The van der Waals surface area contributed by atoms with Gasteiger partial charge in [-0.05, 0) is 86.8 Å². The van der Waals surface area contributed by atoms with Crippen molar-refractivity contribution in [2.75, 3.05) is 5.75 Å². The first-order valence-corrected chi connectivity index (χ1v) is 12.0. The fourth-order valence-corrected chi connectivity index (χ4v) is 5.23. The number of hydrogen-bond acceptors (Lipinski definition) is 4. The Hall–Kier alpha value is -2.60. The Morgan fingerprint density at radius 3 is 2.39 bits per heavy atom. The van der Waals surface area contributed by atoms with E-state index in [1.165, 1.54) is 37.4 Å². The van der Waals surface area contributed by atoms with E-state index in [0.717, 1.165) is 16.8 Å². The molecule has 0 saturated heterocycles. The van der Waals surface area contributed by atoms with E-state index in [4.69, 9.17) is 4.98 Å². The number of fused-ring (bicyclic) bond motifs is 1. The molecule has 1 aromatic heterocycles. The zero-order valence-corrected chi connectivity index (χ0v) is 18.7. The van der Waals surface area contributed by atoms with Crippen LogP contribution in [-0.4, -0.2) is 27.3 Å². The third-order valence-corrected chi connectivity index (χ3v) is 7.07. The van der Waals surface area contributed by atoms with Crippen molar-refractivity contribution < 1.29 is 4.79 Å². The van der Waals surface area contributed by atoms with Crippen LogP contribution in [0, 0.1) is 25.7 Å². The molecule has 5 rings (SSSR count). The van der Waals surface area contributed by atoms with Gasteiger partial charge in [0.15, 0.2) is 5.16 Å². The molecule has 1 amide bonds. The van der Waals surface area contributed by atoms with Crippen LogP contribution >= 0.6 is 11.8 Å². The Bertz CT molecular complexity index is 1180. The van der Waals surface area contributed by atoms with Gasteiger partial charge in [0.1, 0.15) is 0 Å². The number of nitrogens with one attached hydrogen (secondary N) is 1. The summed E-state index contributed by atoms with van der Waals surface area (Å²) in [5.74, 6) is 1.61. The van der Waals surface area contributed by atoms with Crippen molar-refractivity contribution in [3.05, 3.63) is 63.9 Å². The molecule has 2 aromatic carbocycles. The van der Waals surface area contributed by atoms with Crippen molar-refractivity contribution in [2.24, 2.45) is 11.8 Å². The summed E-state index contributed by atoms with van der Waals surface area (Å²) in [6, 6.07) is 13.8. The van der Waals surface area contributed by atoms with E-state index in [2.05, 4.69) is 11.4 Å². The van der Waals surface area contributed by atoms with Gasteiger partial charge < -0.3 is 5.32 Å². The predicted octanol–water partition coefficient (Wildman–Crippen LogP) is 4.40. The molecular weight excluding hydrogens is 406 g/mol. The van der Waals surface area contributed by atoms with Crippen molar-refractivity contribution in [3.63, 3.8) is 0 Å². The van der Waals surface area contributed by atoms with E-state index in [0.29, 0.717) is 33.9 Å². The van der Waals surface area contributed by atoms with E-state index in [9.17, 15) is 9.59 Å². The van der Waals surface area contributed by atoms with Crippen LogP contribution in [0.1, 0.15) is 36.8 Å². The van der Waals surface area contributed by atoms with Crippen LogP contribution in [0.2, 0.25) is 0 Å². The van der Waals surface area contributed by atoms with Crippen LogP contribution in [0.3, 0.4) is 0 Å². The molecule has 1 heterocycles. The van der Waals surface area contributed by atoms with Gasteiger partial charge in [0.25, 0.3) is 5.56 Å². The molecule has 0 unspecified atom stereocenters. The largest absolute Gasteiger partial charge is 0.352 e. The van der Waals surface area contributed by atoms with Gasteiger partial charge in [-0.15, -0.1) is 0 Å². The molecule has 2 saturated carbocycles. The number of para-hydroxylation sites is 1. The molecule has 0 bridgehead atoms. The molecule has 3 aromatic rings. The minimum absolute atomic E-state index is 0.0307. The highest BCUT2D eigenvalue weighted by Crippen LogP contribution is 2.44. The number of benzene rings is 2. The first-order valence-electron chi connectivity index (χ1n) is 11.0. The molecule has 5 nitrogen and oxygen atoms in total. The van der Waals surface area contributed by atoms with Gasteiger partial charge >= 0.3 is 0 Å². The molecule has 160 valence electrons. The van der Waals surface area contributed by atoms with Gasteiger partial charge in [0, 0.05) is 6.04 Å². The molecule has 0 radical (unpaired) electrons. The van der Waals surface area contributed by atoms with Crippen LogP contribution in [-0.2, 0) is 4.79 Å². The number of aryl methyl sites for hydroxylation is 2. The average molecular weight is 434 g/mol. The maximum atomic E-state index is 13.4. The second-order valence-corrected chi connectivity index (χ2v) is 9.90. The summed E-state index contributed by atoms with van der Waals surface area (Å²) in [7, 11) is 0. The summed E-state index contributed by atoms with van der Waals surface area (Å²) in [6.07, 6.45) is 4.92. The third kappa shape index (κ3) is 4.40. The van der Waals surface area contributed by atoms with E-state index in [1.807, 2.05) is 44.2 Å². The molecule has 0 aliphatic heterocycles. The number of thioether (sulfide) groups is 1. The highest BCUT2D eigenvalue weighted by atomic mass is 32.2. The lowest BCUT2D eigenvalue weighted by atomic mass is 10.1. The minimum Gasteiger partial charge on any atom is -0.352 e. The Morgan fingerprint density at radius 1 is 1.10 bits per heavy atom. The first kappa shape index (κ1) is 20.3. The standard InChI is InChI=1S/C25H27N3O2S/c1-15-11-16(2)13-19(12-15)28-24(30)20-5-3-4-6-21(20)26-25(28)31-14-22(29)27-23(17-7-8-17)18-9-10-18/h3-6,11-13,17-18,23H,7-10,14H2,1-2H3,(H,27,29). The molecular formula is C25H27N3O2S. The summed E-state index contributed by atoms with van der Waals surface area (Å²) >= 11 is 1.34. The van der Waals surface area contributed by atoms with Gasteiger partial charge in [-0.3, -0.25) is 14.2 Å². The molecule has 31 heavy (non-hydrogen) atoms. The SMILES string of the molecule is Cc1cc(C)cc(-n2c(SCC(=O)NC(C3CC3)C3CC3)nc3ccccc3c2=O)c1. The lowest BCUT2D eigenvalue weighted by Gasteiger charge is -2.18. The molecule has 6 heteroatoms. The Morgan fingerprint density at radius 2 is 1.74 bits per heavy atom. The summed E-state index contributed by atoms with van der Waals surface area (Å²) in [4.78, 5) is 30.9. The van der Waals surface area contributed by atoms with Gasteiger partial charge in [-0.25, -0.2) is 4.98 Å². The fraction of sp³-hybridized carbons (Fsp3) is 0.400. The van der Waals surface area contributed by atoms with Gasteiger partial charge in [0.2, 0.25) is 5.91 Å². The Balaban J connectivity index is 1.46. The Labute approximate surface area is 186 Å². The van der Waals surface area contributed by atoms with Crippen LogP contribution in [0.15, 0.2) is 52.4 Å². The van der Waals surface area contributed by atoms with Crippen molar-refractivity contribution in [1.82, 2.24) is 14.9 Å². The zero-order chi connectivity index (χ0) is 21.5. The second kappa shape index (κ2) is 8.15. The van der Waals surface area contributed by atoms with Crippen LogP contribution < -0.4 is 10.9 Å². The Kier molecular flexibility index (Phi) is 5.34. The molecule has 1 N–H and O–H groups in total. The topological polar surface area (TPSA) is 64.0 Å². The van der Waals surface area contributed by atoms with E-state index in [-0.39, 0.29) is 17.2 Å². The highest BCUT2D eigenvalue weighted by Gasteiger charge is 2.42. The van der Waals surface area contributed by atoms with E-state index in [1.54, 1.807) is 10.6 Å². The van der Waals surface area contributed by atoms with Gasteiger partial charge in [-0.1, -0.05) is 30.0 Å². The quantitative estimate of drug-likeness (QED) is 0.443. The number of carbonyl (C=O) groups is 1. The molecule has 2 aliphatic rings. The normalized spacial score (nSPS) is 16.1. The van der Waals surface area contributed by atoms with Gasteiger partial charge in [-0.2, -0.15) is 0 Å². The summed E-state index contributed by atoms with van der Waals surface area (Å²) in [5, 5.41) is 4.40. The second-order valence-electron chi connectivity index (χ2n) is 8.95. The molecule has 0 spiro atoms. The molecule has 0 atom stereocenters. The maximum absolute atomic E-state index is 13.4. The first-order chi connectivity index (χ1) is 15.0. The van der Waals surface area contributed by atoms with Gasteiger partial charge in [0.05, 0.1) is 22.3 Å². The van der Waals surface area contributed by atoms with Crippen molar-refractivity contribution in [3.8, 4) is 5.69 Å². The highest BCUT2D eigenvalue weighted by molar-refractivity contribution is 7.99. The van der Waals surface area contributed by atoms with Crippen molar-refractivity contribution in [1.29, 1.82) is 0 Å². The lowest BCUT2D eigenvalue weighted by Crippen LogP contribution is -2.39. The van der Waals surface area contributed by atoms with Crippen LogP contribution in [0.4, 0.5) is 0 Å². The molecule has 2 fully saturated rings. The number of nitrogens with zero attached hydrogens (tertiary/aromatic N) is 2. The average Bonchev–Trinajstić information content (AvgIpc) is 3.63. The number of aromatic nitrogens is 2.